The Morgan fingerprint density at radius 2 is 2.03 bits per heavy atom. The lowest BCUT2D eigenvalue weighted by atomic mass is 10.1. The van der Waals surface area contributed by atoms with Crippen molar-refractivity contribution in [1.82, 2.24) is 10.5 Å². The summed E-state index contributed by atoms with van der Waals surface area (Å²) < 4.78 is 7.83. The molecule has 0 amide bonds. The van der Waals surface area contributed by atoms with Crippen LogP contribution in [0.25, 0.3) is 10.9 Å². The number of hydrogen-bond donors (Lipinski definition) is 3. The number of aromatic nitrogens is 1. The van der Waals surface area contributed by atoms with Crippen molar-refractivity contribution in [2.45, 2.75) is 44.6 Å². The molecular formula is C23H24Br2N2O5. The fourth-order valence-electron chi connectivity index (χ4n) is 4.42. The smallest absolute Gasteiger partial charge is 0.303 e. The van der Waals surface area contributed by atoms with Gasteiger partial charge in [0.1, 0.15) is 12.0 Å². The van der Waals surface area contributed by atoms with E-state index >= 15 is 0 Å². The molecule has 1 saturated carbocycles. The Morgan fingerprint density at radius 1 is 1.31 bits per heavy atom. The number of aldehydes is 1. The third-order valence-corrected chi connectivity index (χ3v) is 7.54. The first kappa shape index (κ1) is 23.1. The van der Waals surface area contributed by atoms with Gasteiger partial charge in [0, 0.05) is 25.5 Å². The molecule has 7 nitrogen and oxygen atoms in total. The number of carbonyl (C=O) groups is 2. The van der Waals surface area contributed by atoms with Gasteiger partial charge in [0.25, 0.3) is 0 Å². The van der Waals surface area contributed by atoms with Crippen LogP contribution in [0.5, 0.6) is 11.5 Å². The number of H-pyrrole nitrogens is 1. The lowest BCUT2D eigenvalue weighted by Crippen LogP contribution is -2.33. The predicted molar refractivity (Wildman–Crippen MR) is 126 cm³/mol. The number of carboxylic acid groups (broad SMARTS) is 1. The molecule has 0 radical (unpaired) electrons. The van der Waals surface area contributed by atoms with Crippen LogP contribution in [0.2, 0.25) is 0 Å². The molecule has 3 N–H and O–H groups in total. The number of hydrogen-bond acceptors (Lipinski definition) is 5. The van der Waals surface area contributed by atoms with Gasteiger partial charge in [0.15, 0.2) is 5.75 Å². The molecule has 0 aliphatic heterocycles. The summed E-state index contributed by atoms with van der Waals surface area (Å²) in [4.78, 5) is 30.8. The molecule has 9 heteroatoms. The highest BCUT2D eigenvalue weighted by atomic mass is 79.9. The van der Waals surface area contributed by atoms with E-state index in [9.17, 15) is 9.59 Å². The first-order valence-electron chi connectivity index (χ1n) is 10.7. The van der Waals surface area contributed by atoms with Gasteiger partial charge in [0.2, 0.25) is 0 Å². The number of aromatic amines is 1. The molecule has 4 atom stereocenters. The molecule has 1 aromatic carbocycles. The SMILES string of the molecule is O=C[C@H](CCC(=O)O)NOc1c[nH]c2cc(Br)c(OCC3[C@H]4CCC#CCC[C@@H]34)c(Br)c12. The van der Waals surface area contributed by atoms with Gasteiger partial charge < -0.3 is 24.5 Å². The highest BCUT2D eigenvalue weighted by Crippen LogP contribution is 2.53. The molecule has 2 aliphatic rings. The third-order valence-electron chi connectivity index (χ3n) is 6.19. The third kappa shape index (κ3) is 5.13. The number of halogens is 2. The van der Waals surface area contributed by atoms with Crippen molar-refractivity contribution < 1.29 is 24.3 Å². The Kier molecular flexibility index (Phi) is 7.44. The number of carbonyl (C=O) groups excluding carboxylic acids is 1. The molecule has 2 aromatic rings. The molecule has 1 fully saturated rings. The van der Waals surface area contributed by atoms with E-state index in [1.54, 1.807) is 6.20 Å². The molecule has 32 heavy (non-hydrogen) atoms. The van der Waals surface area contributed by atoms with Crippen molar-refractivity contribution in [2.75, 3.05) is 6.61 Å². The summed E-state index contributed by atoms with van der Waals surface area (Å²) in [6.45, 7) is 0.652. The van der Waals surface area contributed by atoms with Gasteiger partial charge in [0.05, 0.1) is 32.5 Å². The maximum atomic E-state index is 11.2. The Balaban J connectivity index is 1.45. The standard InChI is InChI=1S/C23H24Br2N2O5/c24-17-9-18-21(19(10-26-18)32-27-13(11-28)7-8-20(29)30)22(25)23(17)31-12-16-14-5-3-1-2-4-6-15(14)16/h9-11,13-16,26-27H,3-8,12H2,(H,29,30)/t13-,14-,15+,16?/m0/s1. The van der Waals surface area contributed by atoms with Crippen molar-refractivity contribution in [3.05, 3.63) is 21.2 Å². The minimum absolute atomic E-state index is 0.127. The van der Waals surface area contributed by atoms with Crippen LogP contribution in [0.1, 0.15) is 38.5 Å². The lowest BCUT2D eigenvalue weighted by Gasteiger charge is -2.14. The van der Waals surface area contributed by atoms with Gasteiger partial charge in [-0.2, -0.15) is 0 Å². The van der Waals surface area contributed by atoms with Crippen LogP contribution < -0.4 is 15.1 Å². The van der Waals surface area contributed by atoms with Crippen LogP contribution in [-0.4, -0.2) is 35.0 Å². The average Bonchev–Trinajstić information content (AvgIpc) is 3.20. The number of hydroxylamine groups is 1. The summed E-state index contributed by atoms with van der Waals surface area (Å²) in [6, 6.07) is 1.20. The van der Waals surface area contributed by atoms with Gasteiger partial charge >= 0.3 is 5.97 Å². The number of nitrogens with one attached hydrogen (secondary N) is 2. The topological polar surface area (TPSA) is 101 Å². The second-order valence-corrected chi connectivity index (χ2v) is 9.85. The van der Waals surface area contributed by atoms with Crippen LogP contribution >= 0.6 is 31.9 Å². The second kappa shape index (κ2) is 10.3. The molecule has 1 unspecified atom stereocenters. The van der Waals surface area contributed by atoms with Crippen molar-refractivity contribution in [3.63, 3.8) is 0 Å². The monoisotopic (exact) mass is 566 g/mol. The van der Waals surface area contributed by atoms with Crippen molar-refractivity contribution >= 4 is 55.0 Å². The van der Waals surface area contributed by atoms with Gasteiger partial charge in [-0.25, -0.2) is 0 Å². The molecule has 4 rings (SSSR count). The summed E-state index contributed by atoms with van der Waals surface area (Å²) in [6.07, 6.45) is 6.57. The number of benzene rings is 1. The van der Waals surface area contributed by atoms with E-state index in [-0.39, 0.29) is 12.8 Å². The Labute approximate surface area is 202 Å². The number of rotatable bonds is 10. The summed E-state index contributed by atoms with van der Waals surface area (Å²) >= 11 is 7.26. The summed E-state index contributed by atoms with van der Waals surface area (Å²) in [7, 11) is 0. The lowest BCUT2D eigenvalue weighted by molar-refractivity contribution is -0.137. The number of ether oxygens (including phenoxy) is 1. The van der Waals surface area contributed by atoms with Crippen LogP contribution in [0, 0.1) is 29.6 Å². The second-order valence-electron chi connectivity index (χ2n) is 8.21. The van der Waals surface area contributed by atoms with Gasteiger partial charge in [-0.1, -0.05) is 0 Å². The Hall–Kier alpha value is -2.02. The van der Waals surface area contributed by atoms with E-state index in [2.05, 4.69) is 54.2 Å². The highest BCUT2D eigenvalue weighted by molar-refractivity contribution is 9.11. The highest BCUT2D eigenvalue weighted by Gasteiger charge is 2.49. The maximum Gasteiger partial charge on any atom is 0.303 e. The van der Waals surface area contributed by atoms with Gasteiger partial charge in [-0.15, -0.1) is 17.3 Å². The van der Waals surface area contributed by atoms with E-state index in [1.165, 1.54) is 0 Å². The minimum atomic E-state index is -0.964. The van der Waals surface area contributed by atoms with Crippen LogP contribution in [0.4, 0.5) is 0 Å². The van der Waals surface area contributed by atoms with Crippen LogP contribution in [-0.2, 0) is 9.59 Å². The predicted octanol–water partition coefficient (Wildman–Crippen LogP) is 4.83. The first-order chi connectivity index (χ1) is 15.5. The van der Waals surface area contributed by atoms with Crippen molar-refractivity contribution in [1.29, 1.82) is 0 Å². The average molecular weight is 568 g/mol. The molecule has 170 valence electrons. The number of carboxylic acids is 1. The number of fused-ring (bicyclic) bond motifs is 2. The van der Waals surface area contributed by atoms with E-state index in [0.717, 1.165) is 45.5 Å². The van der Waals surface area contributed by atoms with Crippen molar-refractivity contribution in [3.8, 4) is 23.3 Å². The largest absolute Gasteiger partial charge is 0.491 e. The molecule has 0 saturated heterocycles. The fourth-order valence-corrected chi connectivity index (χ4v) is 5.96. The zero-order chi connectivity index (χ0) is 22.7. The fraction of sp³-hybridized carbons (Fsp3) is 0.478. The van der Waals surface area contributed by atoms with E-state index in [4.69, 9.17) is 14.7 Å². The zero-order valence-corrected chi connectivity index (χ0v) is 20.5. The number of aliphatic carboxylic acids is 1. The first-order valence-corrected chi connectivity index (χ1v) is 12.2. The van der Waals surface area contributed by atoms with E-state index in [1.807, 2.05) is 6.07 Å². The zero-order valence-electron chi connectivity index (χ0n) is 17.3. The van der Waals surface area contributed by atoms with E-state index < -0.39 is 12.0 Å². The van der Waals surface area contributed by atoms with Crippen molar-refractivity contribution in [2.24, 2.45) is 17.8 Å². The molecule has 1 aromatic heterocycles. The maximum absolute atomic E-state index is 11.2. The molecule has 0 spiro atoms. The summed E-state index contributed by atoms with van der Waals surface area (Å²) in [5.74, 6) is 8.65. The minimum Gasteiger partial charge on any atom is -0.491 e. The van der Waals surface area contributed by atoms with Crippen LogP contribution in [0.3, 0.4) is 0 Å². The summed E-state index contributed by atoms with van der Waals surface area (Å²) in [5, 5.41) is 9.59. The Bertz CT molecular complexity index is 1060. The molecule has 1 heterocycles. The molecule has 0 bridgehead atoms. The normalized spacial score (nSPS) is 22.6. The van der Waals surface area contributed by atoms with E-state index in [0.29, 0.717) is 42.1 Å². The molecular weight excluding hydrogens is 544 g/mol. The van der Waals surface area contributed by atoms with Crippen LogP contribution in [0.15, 0.2) is 21.2 Å². The molecule has 2 aliphatic carbocycles. The van der Waals surface area contributed by atoms with Gasteiger partial charge in [-0.05, 0) is 74.9 Å². The summed E-state index contributed by atoms with van der Waals surface area (Å²) in [5.41, 5.74) is 3.48. The Morgan fingerprint density at radius 3 is 2.69 bits per heavy atom. The quantitative estimate of drug-likeness (QED) is 0.216. The van der Waals surface area contributed by atoms with Gasteiger partial charge in [-0.3, -0.25) is 4.79 Å².